The highest BCUT2D eigenvalue weighted by Crippen LogP contribution is 2.15. The molecule has 1 aromatic rings. The summed E-state index contributed by atoms with van der Waals surface area (Å²) in [6.07, 6.45) is 2.90. The number of nitrogens with zero attached hydrogens (tertiary/aromatic N) is 1. The first-order valence-corrected chi connectivity index (χ1v) is 7.24. The van der Waals surface area contributed by atoms with Crippen LogP contribution in [0.4, 0.5) is 14.9 Å². The van der Waals surface area contributed by atoms with Gasteiger partial charge in [-0.1, -0.05) is 6.92 Å². The fourth-order valence-electron chi connectivity index (χ4n) is 2.54. The number of benzene rings is 1. The van der Waals surface area contributed by atoms with E-state index in [1.54, 1.807) is 12.1 Å². The molecule has 0 atom stereocenters. The highest BCUT2D eigenvalue weighted by molar-refractivity contribution is 5.89. The molecule has 1 heterocycles. The topological polar surface area (TPSA) is 44.4 Å². The maximum absolute atomic E-state index is 12.9. The average Bonchev–Trinajstić information content (AvgIpc) is 2.48. The van der Waals surface area contributed by atoms with Gasteiger partial charge in [-0.2, -0.15) is 0 Å². The summed E-state index contributed by atoms with van der Waals surface area (Å²) >= 11 is 0. The number of carbonyl (C=O) groups is 1. The van der Waals surface area contributed by atoms with Gasteiger partial charge < -0.3 is 15.5 Å². The molecule has 0 spiro atoms. The van der Waals surface area contributed by atoms with Crippen molar-refractivity contribution in [2.45, 2.75) is 32.2 Å². The quantitative estimate of drug-likeness (QED) is 0.890. The maximum atomic E-state index is 12.9. The van der Waals surface area contributed by atoms with Gasteiger partial charge in [0.15, 0.2) is 0 Å². The first kappa shape index (κ1) is 14.8. The van der Waals surface area contributed by atoms with Crippen molar-refractivity contribution in [2.24, 2.45) is 0 Å². The summed E-state index contributed by atoms with van der Waals surface area (Å²) in [5, 5.41) is 6.16. The largest absolute Gasteiger partial charge is 0.322 e. The van der Waals surface area contributed by atoms with Gasteiger partial charge in [-0.25, -0.2) is 9.18 Å². The van der Waals surface area contributed by atoms with Crippen LogP contribution >= 0.6 is 0 Å². The van der Waals surface area contributed by atoms with Gasteiger partial charge >= 0.3 is 6.03 Å². The number of rotatable bonds is 4. The zero-order valence-electron chi connectivity index (χ0n) is 11.9. The standard InChI is InChI=1S/C15H22FN3O/c1-2-11-19(14-7-9-17-10-8-14)15(20)18-13-5-3-12(16)4-6-13/h3-6,14,17H,2,7-11H2,1H3,(H,18,20). The molecule has 0 bridgehead atoms. The van der Waals surface area contributed by atoms with Gasteiger partial charge in [0.25, 0.3) is 0 Å². The third kappa shape index (κ3) is 3.93. The molecule has 4 nitrogen and oxygen atoms in total. The number of piperidine rings is 1. The summed E-state index contributed by atoms with van der Waals surface area (Å²) in [6, 6.07) is 6.07. The molecule has 0 radical (unpaired) electrons. The van der Waals surface area contributed by atoms with E-state index in [2.05, 4.69) is 17.6 Å². The van der Waals surface area contributed by atoms with Gasteiger partial charge in [-0.15, -0.1) is 0 Å². The Bertz CT molecular complexity index is 429. The Balaban J connectivity index is 2.00. The second kappa shape index (κ2) is 7.24. The Kier molecular flexibility index (Phi) is 5.35. The molecule has 1 fully saturated rings. The summed E-state index contributed by atoms with van der Waals surface area (Å²) in [5.74, 6) is -0.299. The molecule has 1 aromatic carbocycles. The van der Waals surface area contributed by atoms with Gasteiger partial charge in [-0.3, -0.25) is 0 Å². The van der Waals surface area contributed by atoms with Crippen molar-refractivity contribution < 1.29 is 9.18 Å². The van der Waals surface area contributed by atoms with E-state index in [9.17, 15) is 9.18 Å². The highest BCUT2D eigenvalue weighted by Gasteiger charge is 2.24. The molecule has 0 saturated carbocycles. The minimum Gasteiger partial charge on any atom is -0.321 e. The van der Waals surface area contributed by atoms with Gasteiger partial charge in [0.1, 0.15) is 5.82 Å². The molecular formula is C15H22FN3O. The Morgan fingerprint density at radius 3 is 2.60 bits per heavy atom. The van der Waals surface area contributed by atoms with Crippen molar-refractivity contribution in [2.75, 3.05) is 25.0 Å². The third-order valence-corrected chi connectivity index (χ3v) is 3.57. The second-order valence-electron chi connectivity index (χ2n) is 5.11. The Morgan fingerprint density at radius 1 is 1.35 bits per heavy atom. The van der Waals surface area contributed by atoms with E-state index < -0.39 is 0 Å². The first-order chi connectivity index (χ1) is 9.70. The predicted molar refractivity (Wildman–Crippen MR) is 78.3 cm³/mol. The minimum absolute atomic E-state index is 0.0923. The summed E-state index contributed by atoms with van der Waals surface area (Å²) in [5.41, 5.74) is 0.631. The van der Waals surface area contributed by atoms with Crippen molar-refractivity contribution in [1.82, 2.24) is 10.2 Å². The van der Waals surface area contributed by atoms with Crippen molar-refractivity contribution in [3.05, 3.63) is 30.1 Å². The summed E-state index contributed by atoms with van der Waals surface area (Å²) < 4.78 is 12.9. The fourth-order valence-corrected chi connectivity index (χ4v) is 2.54. The number of nitrogens with one attached hydrogen (secondary N) is 2. The second-order valence-corrected chi connectivity index (χ2v) is 5.11. The molecule has 2 N–H and O–H groups in total. The van der Waals surface area contributed by atoms with Crippen LogP contribution in [-0.2, 0) is 0 Å². The van der Waals surface area contributed by atoms with Crippen LogP contribution in [0.5, 0.6) is 0 Å². The lowest BCUT2D eigenvalue weighted by molar-refractivity contribution is 0.171. The molecular weight excluding hydrogens is 257 g/mol. The minimum atomic E-state index is -0.299. The lowest BCUT2D eigenvalue weighted by atomic mass is 10.0. The molecule has 0 aliphatic carbocycles. The first-order valence-electron chi connectivity index (χ1n) is 7.24. The lowest BCUT2D eigenvalue weighted by Crippen LogP contribution is -2.48. The molecule has 0 aromatic heterocycles. The number of anilines is 1. The van der Waals surface area contributed by atoms with Crippen molar-refractivity contribution in [3.8, 4) is 0 Å². The Hall–Kier alpha value is -1.62. The van der Waals surface area contributed by atoms with E-state index in [-0.39, 0.29) is 17.9 Å². The predicted octanol–water partition coefficient (Wildman–Crippen LogP) is 2.82. The number of hydrogen-bond donors (Lipinski definition) is 2. The van der Waals surface area contributed by atoms with Crippen molar-refractivity contribution in [3.63, 3.8) is 0 Å². The van der Waals surface area contributed by atoms with Crippen LogP contribution in [0, 0.1) is 5.82 Å². The van der Waals surface area contributed by atoms with Crippen LogP contribution < -0.4 is 10.6 Å². The molecule has 2 amide bonds. The molecule has 110 valence electrons. The zero-order chi connectivity index (χ0) is 14.4. The highest BCUT2D eigenvalue weighted by atomic mass is 19.1. The lowest BCUT2D eigenvalue weighted by Gasteiger charge is -2.34. The van der Waals surface area contributed by atoms with E-state index in [0.29, 0.717) is 5.69 Å². The number of halogens is 1. The van der Waals surface area contributed by atoms with Crippen LogP contribution in [-0.4, -0.2) is 36.6 Å². The van der Waals surface area contributed by atoms with Gasteiger partial charge in [0, 0.05) is 18.3 Å². The van der Waals surface area contributed by atoms with Gasteiger partial charge in [-0.05, 0) is 56.6 Å². The van der Waals surface area contributed by atoms with Gasteiger partial charge in [0.2, 0.25) is 0 Å². The number of carbonyl (C=O) groups excluding carboxylic acids is 1. The van der Waals surface area contributed by atoms with Gasteiger partial charge in [0.05, 0.1) is 0 Å². The molecule has 20 heavy (non-hydrogen) atoms. The molecule has 1 aliphatic rings. The zero-order valence-corrected chi connectivity index (χ0v) is 11.9. The molecule has 2 rings (SSSR count). The fraction of sp³-hybridized carbons (Fsp3) is 0.533. The Morgan fingerprint density at radius 2 is 2.00 bits per heavy atom. The van der Waals surface area contributed by atoms with Crippen LogP contribution in [0.2, 0.25) is 0 Å². The van der Waals surface area contributed by atoms with E-state index >= 15 is 0 Å². The molecule has 5 heteroatoms. The monoisotopic (exact) mass is 279 g/mol. The van der Waals surface area contributed by atoms with Crippen molar-refractivity contribution in [1.29, 1.82) is 0 Å². The van der Waals surface area contributed by atoms with E-state index in [1.807, 2.05) is 4.90 Å². The summed E-state index contributed by atoms with van der Waals surface area (Å²) in [4.78, 5) is 14.3. The average molecular weight is 279 g/mol. The molecule has 1 saturated heterocycles. The number of amides is 2. The van der Waals surface area contributed by atoms with Crippen LogP contribution in [0.25, 0.3) is 0 Å². The SMILES string of the molecule is CCCN(C(=O)Nc1ccc(F)cc1)C1CCNCC1. The summed E-state index contributed by atoms with van der Waals surface area (Å²) in [6.45, 7) is 4.72. The molecule has 1 aliphatic heterocycles. The smallest absolute Gasteiger partial charge is 0.321 e. The number of urea groups is 1. The van der Waals surface area contributed by atoms with E-state index in [4.69, 9.17) is 0 Å². The Labute approximate surface area is 119 Å². The molecule has 0 unspecified atom stereocenters. The summed E-state index contributed by atoms with van der Waals surface area (Å²) in [7, 11) is 0. The van der Waals surface area contributed by atoms with Crippen LogP contribution in [0.1, 0.15) is 26.2 Å². The maximum Gasteiger partial charge on any atom is 0.322 e. The van der Waals surface area contributed by atoms with Crippen LogP contribution in [0.3, 0.4) is 0 Å². The van der Waals surface area contributed by atoms with Crippen molar-refractivity contribution >= 4 is 11.7 Å². The normalized spacial score (nSPS) is 15.9. The third-order valence-electron chi connectivity index (χ3n) is 3.57. The van der Waals surface area contributed by atoms with E-state index in [0.717, 1.165) is 38.9 Å². The van der Waals surface area contributed by atoms with Crippen LogP contribution in [0.15, 0.2) is 24.3 Å². The van der Waals surface area contributed by atoms with E-state index in [1.165, 1.54) is 12.1 Å². The number of hydrogen-bond acceptors (Lipinski definition) is 2.